The van der Waals surface area contributed by atoms with Crippen LogP contribution in [-0.4, -0.2) is 17.2 Å². The van der Waals surface area contributed by atoms with Crippen LogP contribution in [0, 0.1) is 11.6 Å². The highest BCUT2D eigenvalue weighted by molar-refractivity contribution is 6.58. The molecule has 0 heterocycles. The fourth-order valence-electron chi connectivity index (χ4n) is 1.60. The molecule has 0 atom stereocenters. The molecule has 0 aliphatic carbocycles. The molecule has 3 nitrogen and oxygen atoms in total. The van der Waals surface area contributed by atoms with Crippen LogP contribution in [0.25, 0.3) is 0 Å². The van der Waals surface area contributed by atoms with Crippen LogP contribution < -0.4 is 10.2 Å². The number of hydrogen-bond acceptors (Lipinski definition) is 3. The normalized spacial score (nSPS) is 10.4. The lowest BCUT2D eigenvalue weighted by molar-refractivity contribution is 0.285. The molecular formula is C13H10BClF2O3. The van der Waals surface area contributed by atoms with Crippen LogP contribution in [0.2, 0.25) is 5.02 Å². The molecule has 0 saturated carbocycles. The highest BCUT2D eigenvalue weighted by atomic mass is 35.5. The molecule has 0 aliphatic heterocycles. The Morgan fingerprint density at radius 2 is 1.75 bits per heavy atom. The Kier molecular flexibility index (Phi) is 4.59. The van der Waals surface area contributed by atoms with Gasteiger partial charge in [-0.25, -0.2) is 8.78 Å². The molecule has 0 aromatic heterocycles. The minimum absolute atomic E-state index is 0.0768. The maximum atomic E-state index is 13.5. The van der Waals surface area contributed by atoms with Crippen molar-refractivity contribution in [2.75, 3.05) is 0 Å². The third-order valence-electron chi connectivity index (χ3n) is 2.64. The zero-order valence-electron chi connectivity index (χ0n) is 10.2. The minimum Gasteiger partial charge on any atom is -0.486 e. The topological polar surface area (TPSA) is 49.7 Å². The van der Waals surface area contributed by atoms with Crippen molar-refractivity contribution in [1.29, 1.82) is 0 Å². The van der Waals surface area contributed by atoms with Crippen molar-refractivity contribution in [3.8, 4) is 5.75 Å². The quantitative estimate of drug-likeness (QED) is 0.847. The van der Waals surface area contributed by atoms with E-state index in [4.69, 9.17) is 26.4 Å². The lowest BCUT2D eigenvalue weighted by atomic mass is 9.80. The van der Waals surface area contributed by atoms with Gasteiger partial charge >= 0.3 is 7.12 Å². The van der Waals surface area contributed by atoms with E-state index >= 15 is 0 Å². The van der Waals surface area contributed by atoms with Crippen LogP contribution in [0.15, 0.2) is 36.4 Å². The van der Waals surface area contributed by atoms with Gasteiger partial charge in [0, 0.05) is 10.6 Å². The van der Waals surface area contributed by atoms with Gasteiger partial charge in [-0.2, -0.15) is 0 Å². The monoisotopic (exact) mass is 298 g/mol. The second-order valence-corrected chi connectivity index (χ2v) is 4.52. The summed E-state index contributed by atoms with van der Waals surface area (Å²) in [4.78, 5) is 0. The Bertz CT molecular complexity index is 623. The van der Waals surface area contributed by atoms with Crippen LogP contribution in [0.4, 0.5) is 8.78 Å². The molecule has 0 aliphatic rings. The van der Waals surface area contributed by atoms with Gasteiger partial charge in [0.25, 0.3) is 0 Å². The maximum absolute atomic E-state index is 13.5. The van der Waals surface area contributed by atoms with Gasteiger partial charge in [0.1, 0.15) is 12.4 Å². The lowest BCUT2D eigenvalue weighted by Crippen LogP contribution is -2.29. The minimum atomic E-state index is -1.74. The smallest absolute Gasteiger partial charge is 0.486 e. The zero-order valence-corrected chi connectivity index (χ0v) is 10.9. The summed E-state index contributed by atoms with van der Waals surface area (Å²) in [5, 5.41) is 18.3. The molecule has 20 heavy (non-hydrogen) atoms. The van der Waals surface area contributed by atoms with Crippen LogP contribution in [0.1, 0.15) is 5.56 Å². The Morgan fingerprint density at radius 3 is 2.45 bits per heavy atom. The van der Waals surface area contributed by atoms with E-state index in [-0.39, 0.29) is 23.4 Å². The van der Waals surface area contributed by atoms with Crippen LogP contribution in [-0.2, 0) is 6.61 Å². The van der Waals surface area contributed by atoms with E-state index in [0.717, 1.165) is 12.1 Å². The predicted molar refractivity (Wildman–Crippen MR) is 72.0 cm³/mol. The van der Waals surface area contributed by atoms with Crippen LogP contribution >= 0.6 is 11.6 Å². The highest BCUT2D eigenvalue weighted by Crippen LogP contribution is 2.19. The second-order valence-electron chi connectivity index (χ2n) is 4.09. The Labute approximate surface area is 119 Å². The van der Waals surface area contributed by atoms with E-state index in [1.807, 2.05) is 0 Å². The maximum Gasteiger partial charge on any atom is 0.488 e. The van der Waals surface area contributed by atoms with Crippen LogP contribution in [0.5, 0.6) is 5.75 Å². The van der Waals surface area contributed by atoms with E-state index in [2.05, 4.69) is 0 Å². The molecule has 0 bridgehead atoms. The highest BCUT2D eigenvalue weighted by Gasteiger charge is 2.14. The first-order valence-electron chi connectivity index (χ1n) is 5.69. The molecule has 2 N–H and O–H groups in total. The summed E-state index contributed by atoms with van der Waals surface area (Å²) in [5.41, 5.74) is 0.250. The molecule has 2 aromatic carbocycles. The van der Waals surface area contributed by atoms with E-state index in [9.17, 15) is 8.78 Å². The van der Waals surface area contributed by atoms with Gasteiger partial charge < -0.3 is 14.8 Å². The summed E-state index contributed by atoms with van der Waals surface area (Å²) >= 11 is 5.73. The third-order valence-corrected chi connectivity index (χ3v) is 2.88. The molecule has 104 valence electrons. The average Bonchev–Trinajstić information content (AvgIpc) is 2.41. The molecule has 0 amide bonds. The van der Waals surface area contributed by atoms with E-state index in [1.165, 1.54) is 24.3 Å². The van der Waals surface area contributed by atoms with E-state index in [1.54, 1.807) is 0 Å². The molecule has 0 saturated heterocycles. The van der Waals surface area contributed by atoms with Crippen molar-refractivity contribution < 1.29 is 23.6 Å². The van der Waals surface area contributed by atoms with Crippen molar-refractivity contribution in [1.82, 2.24) is 0 Å². The second kappa shape index (κ2) is 6.22. The van der Waals surface area contributed by atoms with Gasteiger partial charge in [0.2, 0.25) is 0 Å². The first-order chi connectivity index (χ1) is 9.47. The van der Waals surface area contributed by atoms with Crippen molar-refractivity contribution in [3.63, 3.8) is 0 Å². The van der Waals surface area contributed by atoms with Gasteiger partial charge in [-0.05, 0) is 35.8 Å². The molecule has 0 unspecified atom stereocenters. The third kappa shape index (κ3) is 3.48. The fourth-order valence-corrected chi connectivity index (χ4v) is 1.80. The largest absolute Gasteiger partial charge is 0.488 e. The molecule has 0 spiro atoms. The number of ether oxygens (including phenoxy) is 1. The molecular weight excluding hydrogens is 288 g/mol. The first kappa shape index (κ1) is 14.8. The van der Waals surface area contributed by atoms with Gasteiger partial charge in [0.05, 0.1) is 0 Å². The number of benzene rings is 2. The summed E-state index contributed by atoms with van der Waals surface area (Å²) in [6, 6.07) is 7.35. The van der Waals surface area contributed by atoms with Crippen molar-refractivity contribution in [3.05, 3.63) is 58.6 Å². The fraction of sp³-hybridized carbons (Fsp3) is 0.0769. The summed E-state index contributed by atoms with van der Waals surface area (Å²) in [6.07, 6.45) is 0. The van der Waals surface area contributed by atoms with Gasteiger partial charge in [0.15, 0.2) is 11.6 Å². The Balaban J connectivity index is 2.18. The summed E-state index contributed by atoms with van der Waals surface area (Å²) in [5.74, 6) is -1.40. The van der Waals surface area contributed by atoms with E-state index < -0.39 is 18.8 Å². The van der Waals surface area contributed by atoms with Crippen molar-refractivity contribution >= 4 is 24.2 Å². The number of hydrogen-bond donors (Lipinski definition) is 2. The standard InChI is InChI=1S/C13H10BClF2O3/c15-10-2-4-11(16)8(5-10)7-20-13-6-9(14(18)19)1-3-12(13)17/h1-6,18-19H,7H2. The number of rotatable bonds is 4. The summed E-state index contributed by atoms with van der Waals surface area (Å²) in [6.45, 7) is -0.228. The van der Waals surface area contributed by atoms with Gasteiger partial charge in [-0.3, -0.25) is 0 Å². The van der Waals surface area contributed by atoms with Crippen molar-refractivity contribution in [2.45, 2.75) is 6.61 Å². The van der Waals surface area contributed by atoms with Gasteiger partial charge in [-0.1, -0.05) is 17.7 Å². The average molecular weight is 298 g/mol. The molecule has 2 rings (SSSR count). The molecule has 0 fully saturated rings. The SMILES string of the molecule is OB(O)c1ccc(F)c(OCc2cc(Cl)ccc2F)c1. The lowest BCUT2D eigenvalue weighted by Gasteiger charge is -2.10. The zero-order chi connectivity index (χ0) is 14.7. The summed E-state index contributed by atoms with van der Waals surface area (Å²) in [7, 11) is -1.74. The van der Waals surface area contributed by atoms with E-state index in [0.29, 0.717) is 5.02 Å². The Hall–Kier alpha value is -1.63. The predicted octanol–water partition coefficient (Wildman–Crippen LogP) is 1.88. The van der Waals surface area contributed by atoms with Crippen LogP contribution in [0.3, 0.4) is 0 Å². The molecule has 0 radical (unpaired) electrons. The van der Waals surface area contributed by atoms with Gasteiger partial charge in [-0.15, -0.1) is 0 Å². The Morgan fingerprint density at radius 1 is 1.05 bits per heavy atom. The summed E-state index contributed by atoms with van der Waals surface area (Å²) < 4.78 is 32.1. The number of halogens is 3. The molecule has 2 aromatic rings. The first-order valence-corrected chi connectivity index (χ1v) is 6.07. The molecule has 7 heteroatoms. The van der Waals surface area contributed by atoms with Crippen molar-refractivity contribution in [2.24, 2.45) is 0 Å².